The van der Waals surface area contributed by atoms with Gasteiger partial charge in [-0.05, 0) is 75.7 Å². The number of hydrogen-bond donors (Lipinski definition) is 2. The number of thiazole rings is 1. The van der Waals surface area contributed by atoms with Crippen molar-refractivity contribution in [3.8, 4) is 0 Å². The first-order valence-corrected chi connectivity index (χ1v) is 14.3. The van der Waals surface area contributed by atoms with E-state index in [-0.39, 0.29) is 34.9 Å². The fraction of sp³-hybridized carbons (Fsp3) is 0.586. The molecule has 3 heterocycles. The molecule has 4 fully saturated rings. The van der Waals surface area contributed by atoms with Gasteiger partial charge in [-0.15, -0.1) is 0 Å². The number of aromatic nitrogens is 2. The number of carbonyl (C=O) groups excluding carboxylic acids is 2. The summed E-state index contributed by atoms with van der Waals surface area (Å²) in [5, 5.41) is 15.4. The average Bonchev–Trinajstić information content (AvgIpc) is 3.45. The van der Waals surface area contributed by atoms with Crippen LogP contribution < -0.4 is 5.32 Å². The lowest BCUT2D eigenvalue weighted by Gasteiger charge is -2.59. The van der Waals surface area contributed by atoms with Gasteiger partial charge in [-0.2, -0.15) is 0 Å². The van der Waals surface area contributed by atoms with E-state index in [1.165, 1.54) is 11.3 Å². The number of anilines is 1. The summed E-state index contributed by atoms with van der Waals surface area (Å²) in [6.45, 7) is 7.96. The molecule has 3 saturated carbocycles. The van der Waals surface area contributed by atoms with E-state index >= 15 is 0 Å². The van der Waals surface area contributed by atoms with Gasteiger partial charge >= 0.3 is 0 Å². The zero-order chi connectivity index (χ0) is 26.7. The Bertz CT molecular complexity index is 1400. The zero-order valence-corrected chi connectivity index (χ0v) is 22.9. The molecule has 8 atom stereocenters. The third-order valence-corrected chi connectivity index (χ3v) is 11.1. The monoisotopic (exact) mass is 535 g/mol. The maximum absolute atomic E-state index is 14.3. The van der Waals surface area contributed by atoms with Gasteiger partial charge in [0.1, 0.15) is 10.3 Å². The number of aliphatic hydroxyl groups is 1. The second kappa shape index (κ2) is 7.81. The first-order valence-electron chi connectivity index (χ1n) is 13.5. The first kappa shape index (κ1) is 24.6. The largest absolute Gasteiger partial charge is 0.393 e. The van der Waals surface area contributed by atoms with Crippen LogP contribution in [-0.2, 0) is 19.1 Å². The number of pyridine rings is 1. The fourth-order valence-corrected chi connectivity index (χ4v) is 9.63. The molecule has 5 unspecified atom stereocenters. The van der Waals surface area contributed by atoms with Crippen LogP contribution in [0.1, 0.15) is 53.4 Å². The molecule has 5 aliphatic rings. The molecular formula is C29H33N3O5S. The highest BCUT2D eigenvalue weighted by atomic mass is 32.1. The number of rotatable bonds is 2. The van der Waals surface area contributed by atoms with Gasteiger partial charge in [0.25, 0.3) is 5.91 Å². The van der Waals surface area contributed by atoms with E-state index in [4.69, 9.17) is 9.47 Å². The quantitative estimate of drug-likeness (QED) is 0.586. The van der Waals surface area contributed by atoms with E-state index in [1.54, 1.807) is 18.3 Å². The number of ketones is 1. The molecule has 200 valence electrons. The Balaban J connectivity index is 1.28. The number of ether oxygens (including phenoxy) is 2. The van der Waals surface area contributed by atoms with Crippen molar-refractivity contribution in [3.63, 3.8) is 0 Å². The van der Waals surface area contributed by atoms with Crippen molar-refractivity contribution >= 4 is 38.5 Å². The predicted octanol–water partition coefficient (Wildman–Crippen LogP) is 4.41. The molecule has 0 radical (unpaired) electrons. The van der Waals surface area contributed by atoms with Crippen LogP contribution in [0, 0.1) is 28.6 Å². The Morgan fingerprint density at radius 2 is 2.08 bits per heavy atom. The van der Waals surface area contributed by atoms with E-state index in [1.807, 2.05) is 32.1 Å². The Kier molecular flexibility index (Phi) is 5.05. The van der Waals surface area contributed by atoms with E-state index in [0.717, 1.165) is 28.8 Å². The van der Waals surface area contributed by atoms with E-state index in [2.05, 4.69) is 29.1 Å². The Morgan fingerprint density at radius 1 is 1.26 bits per heavy atom. The molecule has 2 aromatic heterocycles. The van der Waals surface area contributed by atoms with Gasteiger partial charge < -0.3 is 14.6 Å². The van der Waals surface area contributed by atoms with Crippen LogP contribution >= 0.6 is 11.3 Å². The molecule has 2 aromatic rings. The molecule has 38 heavy (non-hydrogen) atoms. The van der Waals surface area contributed by atoms with Crippen molar-refractivity contribution in [2.45, 2.75) is 77.0 Å². The Hall–Kier alpha value is -2.46. The van der Waals surface area contributed by atoms with Crippen LogP contribution in [0.15, 0.2) is 42.1 Å². The minimum Gasteiger partial charge on any atom is -0.393 e. The third-order valence-electron chi connectivity index (χ3n) is 10.2. The van der Waals surface area contributed by atoms with Crippen molar-refractivity contribution in [2.75, 3.05) is 5.32 Å². The summed E-state index contributed by atoms with van der Waals surface area (Å²) in [4.78, 5) is 36.2. The van der Waals surface area contributed by atoms with E-state index in [9.17, 15) is 14.7 Å². The highest BCUT2D eigenvalue weighted by molar-refractivity contribution is 7.21. The van der Waals surface area contributed by atoms with Crippen molar-refractivity contribution < 1.29 is 24.2 Å². The highest BCUT2D eigenvalue weighted by Crippen LogP contribution is 2.70. The van der Waals surface area contributed by atoms with E-state index in [0.29, 0.717) is 18.0 Å². The average molecular weight is 536 g/mol. The summed E-state index contributed by atoms with van der Waals surface area (Å²) in [5.41, 5.74) is -0.460. The third kappa shape index (κ3) is 3.13. The number of nitrogens with zero attached hydrogens (tertiary/aromatic N) is 2. The molecule has 1 aliphatic heterocycles. The van der Waals surface area contributed by atoms with Crippen molar-refractivity contribution in [1.29, 1.82) is 0 Å². The summed E-state index contributed by atoms with van der Waals surface area (Å²) < 4.78 is 13.1. The molecule has 0 aromatic carbocycles. The van der Waals surface area contributed by atoms with Gasteiger partial charge in [0.05, 0.1) is 12.2 Å². The first-order chi connectivity index (χ1) is 18.0. The minimum atomic E-state index is -1.27. The molecule has 1 saturated heterocycles. The van der Waals surface area contributed by atoms with Gasteiger partial charge in [-0.25, -0.2) is 9.97 Å². The summed E-state index contributed by atoms with van der Waals surface area (Å²) in [5.74, 6) is -0.939. The number of aliphatic hydroxyl groups excluding tert-OH is 1. The predicted molar refractivity (Wildman–Crippen MR) is 142 cm³/mol. The second-order valence-corrected chi connectivity index (χ2v) is 13.6. The summed E-state index contributed by atoms with van der Waals surface area (Å²) in [6.07, 6.45) is 8.78. The maximum Gasteiger partial charge on any atom is 0.261 e. The van der Waals surface area contributed by atoms with Crippen LogP contribution in [0.4, 0.5) is 5.13 Å². The van der Waals surface area contributed by atoms with Crippen LogP contribution in [0.3, 0.4) is 0 Å². The van der Waals surface area contributed by atoms with Crippen molar-refractivity contribution in [2.24, 2.45) is 28.6 Å². The second-order valence-electron chi connectivity index (χ2n) is 12.6. The Labute approximate surface area is 225 Å². The standard InChI is InChI=1S/C29H33N3O5S/c1-26(2)36-21-13-18-17-8-7-15-12-16(33)9-10-27(15,3)22(17)20(34)14-28(18,4)29(21,37-26)24(35)32-25-31-19-6-5-11-30-23(19)38-25/h5-6,9-12,17-18,20-22,34H,7-8,13-14H2,1-4H3,(H,31,32,35)/t17?,18?,20-,21+,22?,27?,28?,29-/m0/s1. The molecule has 0 bridgehead atoms. The molecule has 2 N–H and O–H groups in total. The van der Waals surface area contributed by atoms with Gasteiger partial charge in [-0.1, -0.05) is 36.8 Å². The van der Waals surface area contributed by atoms with Crippen LogP contribution in [-0.4, -0.2) is 50.4 Å². The molecule has 4 aliphatic carbocycles. The number of amides is 1. The summed E-state index contributed by atoms with van der Waals surface area (Å²) >= 11 is 1.33. The summed E-state index contributed by atoms with van der Waals surface area (Å²) in [6, 6.07) is 3.70. The minimum absolute atomic E-state index is 0.0196. The van der Waals surface area contributed by atoms with Crippen molar-refractivity contribution in [1.82, 2.24) is 9.97 Å². The lowest BCUT2D eigenvalue weighted by atomic mass is 9.46. The number of carbonyl (C=O) groups is 2. The van der Waals surface area contributed by atoms with Gasteiger partial charge in [-0.3, -0.25) is 14.9 Å². The fourth-order valence-electron chi connectivity index (χ4n) is 8.83. The lowest BCUT2D eigenvalue weighted by Crippen LogP contribution is -2.64. The van der Waals surface area contributed by atoms with Crippen LogP contribution in [0.2, 0.25) is 0 Å². The number of allylic oxidation sites excluding steroid dienone is 4. The van der Waals surface area contributed by atoms with Gasteiger partial charge in [0, 0.05) is 22.9 Å². The van der Waals surface area contributed by atoms with Gasteiger partial charge in [0.2, 0.25) is 0 Å². The smallest absolute Gasteiger partial charge is 0.261 e. The number of fused-ring (bicyclic) bond motifs is 8. The highest BCUT2D eigenvalue weighted by Gasteiger charge is 2.77. The van der Waals surface area contributed by atoms with Crippen LogP contribution in [0.25, 0.3) is 10.3 Å². The molecule has 0 spiro atoms. The molecule has 8 nitrogen and oxygen atoms in total. The lowest BCUT2D eigenvalue weighted by molar-refractivity contribution is -0.223. The van der Waals surface area contributed by atoms with Gasteiger partial charge in [0.15, 0.2) is 22.3 Å². The maximum atomic E-state index is 14.3. The normalized spacial score (nSPS) is 42.7. The van der Waals surface area contributed by atoms with Crippen LogP contribution in [0.5, 0.6) is 0 Å². The van der Waals surface area contributed by atoms with E-state index < -0.39 is 29.0 Å². The molecular weight excluding hydrogens is 502 g/mol. The number of nitrogens with one attached hydrogen (secondary N) is 1. The molecule has 7 rings (SSSR count). The Morgan fingerprint density at radius 3 is 2.87 bits per heavy atom. The topological polar surface area (TPSA) is 111 Å². The summed E-state index contributed by atoms with van der Waals surface area (Å²) in [7, 11) is 0. The number of hydrogen-bond acceptors (Lipinski definition) is 8. The molecule has 1 amide bonds. The zero-order valence-electron chi connectivity index (χ0n) is 22.1. The SMILES string of the molecule is CC1(C)O[C@@H]2CC3C4CCC5=CC(=O)C=CC5(C)C4[C@@H](O)CC3(C)[C@]2(C(=O)Nc2nc3cccnc3s2)O1. The van der Waals surface area contributed by atoms with Crippen molar-refractivity contribution in [3.05, 3.63) is 42.1 Å². The molecule has 9 heteroatoms.